The van der Waals surface area contributed by atoms with Crippen LogP contribution in [0.3, 0.4) is 0 Å². The lowest BCUT2D eigenvalue weighted by molar-refractivity contribution is -0.149. The summed E-state index contributed by atoms with van der Waals surface area (Å²) in [5, 5.41) is 3.77. The molecule has 1 aromatic heterocycles. The van der Waals surface area contributed by atoms with Gasteiger partial charge in [-0.2, -0.15) is 0 Å². The average Bonchev–Trinajstić information content (AvgIpc) is 3.02. The van der Waals surface area contributed by atoms with Gasteiger partial charge >= 0.3 is 11.7 Å². The van der Waals surface area contributed by atoms with Crippen molar-refractivity contribution in [1.82, 2.24) is 14.6 Å². The number of amides is 1. The molecule has 1 amide bonds. The van der Waals surface area contributed by atoms with E-state index >= 15 is 0 Å². The van der Waals surface area contributed by atoms with Gasteiger partial charge in [-0.05, 0) is 12.8 Å². The Hall–Kier alpha value is -2.90. The standard InChI is InChI=1S/C17H19N3O5/c1-24-16(22)13-7-9-19(10-8-13)14(21)11-20-15(18-25-17(20)23)12-5-3-2-4-6-12/h2-6,13H,7-11H2,1H3. The summed E-state index contributed by atoms with van der Waals surface area (Å²) < 4.78 is 10.7. The van der Waals surface area contributed by atoms with Crippen LogP contribution in [-0.4, -0.2) is 46.7 Å². The molecule has 0 radical (unpaired) electrons. The van der Waals surface area contributed by atoms with Gasteiger partial charge in [0.15, 0.2) is 5.82 Å². The van der Waals surface area contributed by atoms with Crippen LogP contribution in [0, 0.1) is 5.92 Å². The Balaban J connectivity index is 1.70. The second kappa shape index (κ2) is 7.33. The lowest BCUT2D eigenvalue weighted by atomic mass is 9.97. The van der Waals surface area contributed by atoms with Gasteiger partial charge in [0.05, 0.1) is 13.0 Å². The van der Waals surface area contributed by atoms with Gasteiger partial charge in [0.2, 0.25) is 5.91 Å². The van der Waals surface area contributed by atoms with Crippen LogP contribution in [-0.2, 0) is 20.9 Å². The van der Waals surface area contributed by atoms with Crippen molar-refractivity contribution in [2.45, 2.75) is 19.4 Å². The number of benzene rings is 1. The summed E-state index contributed by atoms with van der Waals surface area (Å²) in [4.78, 5) is 37.6. The molecule has 0 bridgehead atoms. The molecule has 0 aliphatic carbocycles. The molecule has 1 aliphatic heterocycles. The minimum absolute atomic E-state index is 0.143. The van der Waals surface area contributed by atoms with E-state index in [1.165, 1.54) is 11.7 Å². The largest absolute Gasteiger partial charge is 0.469 e. The first-order valence-electron chi connectivity index (χ1n) is 8.07. The normalized spacial score (nSPS) is 15.2. The molecule has 0 spiro atoms. The maximum atomic E-state index is 12.5. The van der Waals surface area contributed by atoms with Gasteiger partial charge in [0.1, 0.15) is 6.54 Å². The van der Waals surface area contributed by atoms with Crippen LogP contribution in [0.4, 0.5) is 0 Å². The van der Waals surface area contributed by atoms with Crippen LogP contribution in [0.2, 0.25) is 0 Å². The molecule has 1 aromatic carbocycles. The van der Waals surface area contributed by atoms with E-state index in [-0.39, 0.29) is 24.3 Å². The SMILES string of the molecule is COC(=O)C1CCN(C(=O)Cn2c(-c3ccccc3)noc2=O)CC1. The number of esters is 1. The Bertz CT molecular complexity index is 803. The van der Waals surface area contributed by atoms with Crippen molar-refractivity contribution in [3.8, 4) is 11.4 Å². The fraction of sp³-hybridized carbons (Fsp3) is 0.412. The summed E-state index contributed by atoms with van der Waals surface area (Å²) >= 11 is 0. The molecule has 1 saturated heterocycles. The van der Waals surface area contributed by atoms with Crippen LogP contribution in [0.15, 0.2) is 39.6 Å². The highest BCUT2D eigenvalue weighted by Gasteiger charge is 2.28. The second-order valence-electron chi connectivity index (χ2n) is 5.90. The molecule has 0 saturated carbocycles. The number of rotatable bonds is 4. The van der Waals surface area contributed by atoms with Crippen LogP contribution >= 0.6 is 0 Å². The van der Waals surface area contributed by atoms with Crippen LogP contribution < -0.4 is 5.76 Å². The zero-order valence-corrected chi connectivity index (χ0v) is 13.9. The predicted molar refractivity (Wildman–Crippen MR) is 87.5 cm³/mol. The Morgan fingerprint density at radius 2 is 1.92 bits per heavy atom. The van der Waals surface area contributed by atoms with Gasteiger partial charge in [0.25, 0.3) is 0 Å². The van der Waals surface area contributed by atoms with Crippen molar-refractivity contribution in [3.63, 3.8) is 0 Å². The first kappa shape index (κ1) is 16.9. The Morgan fingerprint density at radius 3 is 2.56 bits per heavy atom. The number of methoxy groups -OCH3 is 1. The predicted octanol–water partition coefficient (Wildman–Crippen LogP) is 0.915. The quantitative estimate of drug-likeness (QED) is 0.765. The molecule has 3 rings (SSSR count). The van der Waals surface area contributed by atoms with E-state index < -0.39 is 5.76 Å². The Morgan fingerprint density at radius 1 is 1.24 bits per heavy atom. The minimum Gasteiger partial charge on any atom is -0.469 e. The smallest absolute Gasteiger partial charge is 0.442 e. The molecule has 8 heteroatoms. The highest BCUT2D eigenvalue weighted by molar-refractivity contribution is 5.77. The lowest BCUT2D eigenvalue weighted by Crippen LogP contribution is -2.42. The van der Waals surface area contributed by atoms with Gasteiger partial charge < -0.3 is 9.64 Å². The zero-order valence-electron chi connectivity index (χ0n) is 13.9. The number of ether oxygens (including phenoxy) is 1. The van der Waals surface area contributed by atoms with Crippen molar-refractivity contribution < 1.29 is 18.8 Å². The minimum atomic E-state index is -0.670. The number of carbonyl (C=O) groups excluding carboxylic acids is 2. The molecule has 0 atom stereocenters. The molecule has 0 unspecified atom stereocenters. The summed E-state index contributed by atoms with van der Waals surface area (Å²) in [6, 6.07) is 9.07. The molecule has 0 N–H and O–H groups in total. The van der Waals surface area contributed by atoms with Crippen molar-refractivity contribution >= 4 is 11.9 Å². The molecule has 132 valence electrons. The van der Waals surface area contributed by atoms with Crippen LogP contribution in [0.25, 0.3) is 11.4 Å². The number of likely N-dealkylation sites (tertiary alicyclic amines) is 1. The number of piperidine rings is 1. The summed E-state index contributed by atoms with van der Waals surface area (Å²) in [7, 11) is 1.36. The maximum absolute atomic E-state index is 12.5. The topological polar surface area (TPSA) is 94.6 Å². The molecule has 2 heterocycles. The number of hydrogen-bond donors (Lipinski definition) is 0. The first-order chi connectivity index (χ1) is 12.1. The van der Waals surface area contributed by atoms with Gasteiger partial charge in [-0.15, -0.1) is 0 Å². The van der Waals surface area contributed by atoms with E-state index in [0.29, 0.717) is 37.3 Å². The van der Waals surface area contributed by atoms with Crippen LogP contribution in [0.5, 0.6) is 0 Å². The average molecular weight is 345 g/mol. The van der Waals surface area contributed by atoms with Crippen molar-refractivity contribution in [1.29, 1.82) is 0 Å². The summed E-state index contributed by atoms with van der Waals surface area (Å²) in [5.74, 6) is -0.966. The molecule has 8 nitrogen and oxygen atoms in total. The monoisotopic (exact) mass is 345 g/mol. The first-order valence-corrected chi connectivity index (χ1v) is 8.07. The molecule has 2 aromatic rings. The van der Waals surface area contributed by atoms with Gasteiger partial charge in [-0.3, -0.25) is 14.1 Å². The molecular weight excluding hydrogens is 326 g/mol. The van der Waals surface area contributed by atoms with Gasteiger partial charge in [-0.25, -0.2) is 9.36 Å². The second-order valence-corrected chi connectivity index (χ2v) is 5.90. The zero-order chi connectivity index (χ0) is 17.8. The highest BCUT2D eigenvalue weighted by atomic mass is 16.5. The lowest BCUT2D eigenvalue weighted by Gasteiger charge is -2.30. The third-order valence-corrected chi connectivity index (χ3v) is 4.39. The van der Waals surface area contributed by atoms with E-state index in [4.69, 9.17) is 9.26 Å². The number of nitrogens with zero attached hydrogens (tertiary/aromatic N) is 3. The van der Waals surface area contributed by atoms with E-state index in [9.17, 15) is 14.4 Å². The van der Waals surface area contributed by atoms with E-state index in [1.807, 2.05) is 18.2 Å². The van der Waals surface area contributed by atoms with E-state index in [2.05, 4.69) is 5.16 Å². The summed E-state index contributed by atoms with van der Waals surface area (Å²) in [6.45, 7) is 0.772. The number of carbonyl (C=O) groups is 2. The molecule has 1 aliphatic rings. The van der Waals surface area contributed by atoms with Crippen molar-refractivity contribution in [3.05, 3.63) is 40.9 Å². The van der Waals surface area contributed by atoms with Gasteiger partial charge in [0, 0.05) is 18.7 Å². The van der Waals surface area contributed by atoms with E-state index in [1.54, 1.807) is 17.0 Å². The Labute approximate surface area is 144 Å². The summed E-state index contributed by atoms with van der Waals surface area (Å²) in [5.41, 5.74) is 0.700. The van der Waals surface area contributed by atoms with Crippen LogP contribution in [0.1, 0.15) is 12.8 Å². The molecule has 1 fully saturated rings. The number of hydrogen-bond acceptors (Lipinski definition) is 6. The van der Waals surface area contributed by atoms with Crippen molar-refractivity contribution in [2.75, 3.05) is 20.2 Å². The van der Waals surface area contributed by atoms with Gasteiger partial charge in [-0.1, -0.05) is 35.5 Å². The third-order valence-electron chi connectivity index (χ3n) is 4.39. The molecular formula is C17H19N3O5. The Kier molecular flexibility index (Phi) is 4.97. The number of aromatic nitrogens is 2. The van der Waals surface area contributed by atoms with Crippen molar-refractivity contribution in [2.24, 2.45) is 5.92 Å². The summed E-state index contributed by atoms with van der Waals surface area (Å²) in [6.07, 6.45) is 1.12. The highest BCUT2D eigenvalue weighted by Crippen LogP contribution is 2.19. The maximum Gasteiger partial charge on any atom is 0.442 e. The van der Waals surface area contributed by atoms with E-state index in [0.717, 1.165) is 0 Å². The molecule has 25 heavy (non-hydrogen) atoms. The fourth-order valence-electron chi connectivity index (χ4n) is 2.97. The fourth-order valence-corrected chi connectivity index (χ4v) is 2.97. The third kappa shape index (κ3) is 3.62.